The number of carbonyl (C=O) groups is 1. The monoisotopic (exact) mass is 384 g/mol. The van der Waals surface area contributed by atoms with Crippen LogP contribution in [0.4, 0.5) is 0 Å². The van der Waals surface area contributed by atoms with E-state index < -0.39 is 5.91 Å². The molecule has 140 valence electrons. The smallest absolute Gasteiger partial charge is 0.307 e. The van der Waals surface area contributed by atoms with Crippen LogP contribution < -0.4 is 10.2 Å². The first kappa shape index (κ1) is 19.0. The number of nitrogens with one attached hydrogen (secondary N) is 1. The Labute approximate surface area is 163 Å². The van der Waals surface area contributed by atoms with Crippen LogP contribution in [0.25, 0.3) is 11.0 Å². The van der Waals surface area contributed by atoms with Gasteiger partial charge in [-0.05, 0) is 65.9 Å². The number of furan rings is 1. The molecule has 3 aromatic rings. The van der Waals surface area contributed by atoms with Crippen molar-refractivity contribution in [1.82, 2.24) is 5.43 Å². The lowest BCUT2D eigenvalue weighted by atomic mass is 9.97. The molecule has 0 aliphatic carbocycles. The topological polar surface area (TPSA) is 63.8 Å². The molecule has 3 rings (SSSR count). The van der Waals surface area contributed by atoms with E-state index in [9.17, 15) is 4.79 Å². The zero-order chi connectivity index (χ0) is 19.6. The van der Waals surface area contributed by atoms with Crippen LogP contribution in [0.1, 0.15) is 47.0 Å². The van der Waals surface area contributed by atoms with E-state index in [0.717, 1.165) is 27.8 Å². The predicted molar refractivity (Wildman–Crippen MR) is 108 cm³/mol. The molecule has 0 aliphatic heterocycles. The van der Waals surface area contributed by atoms with Gasteiger partial charge in [-0.25, -0.2) is 5.43 Å². The van der Waals surface area contributed by atoms with Gasteiger partial charge in [0.15, 0.2) is 5.76 Å². The molecule has 0 saturated carbocycles. The molecule has 0 atom stereocenters. The Morgan fingerprint density at radius 1 is 1.26 bits per heavy atom. The summed E-state index contributed by atoms with van der Waals surface area (Å²) in [7, 11) is 1.66. The SMILES string of the molecule is COc1cc(C)c(/C=N/NC(=O)c2cc3cc(Cl)ccc3o2)cc1C(C)C. The molecule has 0 saturated heterocycles. The van der Waals surface area contributed by atoms with Gasteiger partial charge in [-0.15, -0.1) is 0 Å². The van der Waals surface area contributed by atoms with Crippen LogP contribution in [0, 0.1) is 6.92 Å². The second kappa shape index (κ2) is 7.84. The third kappa shape index (κ3) is 4.14. The minimum absolute atomic E-state index is 0.179. The Bertz CT molecular complexity index is 1020. The number of nitrogens with zero attached hydrogens (tertiary/aromatic N) is 1. The summed E-state index contributed by atoms with van der Waals surface area (Å²) >= 11 is 5.96. The van der Waals surface area contributed by atoms with Gasteiger partial charge in [0, 0.05) is 10.4 Å². The van der Waals surface area contributed by atoms with Crippen molar-refractivity contribution in [3.63, 3.8) is 0 Å². The fourth-order valence-electron chi connectivity index (χ4n) is 2.82. The van der Waals surface area contributed by atoms with Gasteiger partial charge < -0.3 is 9.15 Å². The van der Waals surface area contributed by atoms with Crippen molar-refractivity contribution in [3.8, 4) is 5.75 Å². The van der Waals surface area contributed by atoms with E-state index >= 15 is 0 Å². The third-order valence-electron chi connectivity index (χ3n) is 4.31. The number of methoxy groups -OCH3 is 1. The van der Waals surface area contributed by atoms with Gasteiger partial charge in [0.2, 0.25) is 0 Å². The maximum absolute atomic E-state index is 12.3. The third-order valence-corrected chi connectivity index (χ3v) is 4.55. The van der Waals surface area contributed by atoms with Gasteiger partial charge in [-0.1, -0.05) is 25.4 Å². The van der Waals surface area contributed by atoms with Crippen LogP contribution in [0.3, 0.4) is 0 Å². The van der Waals surface area contributed by atoms with Gasteiger partial charge in [0.05, 0.1) is 13.3 Å². The minimum atomic E-state index is -0.422. The first-order valence-corrected chi connectivity index (χ1v) is 8.98. The number of fused-ring (bicyclic) bond motifs is 1. The van der Waals surface area contributed by atoms with Crippen LogP contribution in [-0.2, 0) is 0 Å². The molecular weight excluding hydrogens is 364 g/mol. The highest BCUT2D eigenvalue weighted by Gasteiger charge is 2.13. The van der Waals surface area contributed by atoms with Gasteiger partial charge in [-0.2, -0.15) is 5.10 Å². The molecule has 0 radical (unpaired) electrons. The first-order valence-electron chi connectivity index (χ1n) is 8.60. The van der Waals surface area contributed by atoms with Crippen molar-refractivity contribution in [2.45, 2.75) is 26.7 Å². The van der Waals surface area contributed by atoms with E-state index in [-0.39, 0.29) is 5.76 Å². The summed E-state index contributed by atoms with van der Waals surface area (Å²) < 4.78 is 11.0. The maximum atomic E-state index is 12.3. The van der Waals surface area contributed by atoms with Crippen molar-refractivity contribution in [2.24, 2.45) is 5.10 Å². The average Bonchev–Trinajstić information content (AvgIpc) is 3.05. The number of halogens is 1. The quantitative estimate of drug-likeness (QED) is 0.480. The molecule has 6 heteroatoms. The van der Waals surface area contributed by atoms with E-state index in [1.165, 1.54) is 0 Å². The molecular formula is C21H21ClN2O3. The van der Waals surface area contributed by atoms with Crippen LogP contribution in [-0.4, -0.2) is 19.2 Å². The Hall–Kier alpha value is -2.79. The van der Waals surface area contributed by atoms with Gasteiger partial charge >= 0.3 is 5.91 Å². The van der Waals surface area contributed by atoms with Crippen molar-refractivity contribution < 1.29 is 13.9 Å². The van der Waals surface area contributed by atoms with Gasteiger partial charge in [-0.3, -0.25) is 4.79 Å². The minimum Gasteiger partial charge on any atom is -0.496 e. The summed E-state index contributed by atoms with van der Waals surface area (Å²) in [5.74, 6) is 0.918. The summed E-state index contributed by atoms with van der Waals surface area (Å²) in [5.41, 5.74) is 6.11. The Balaban J connectivity index is 1.78. The van der Waals surface area contributed by atoms with Gasteiger partial charge in [0.1, 0.15) is 11.3 Å². The normalized spacial score (nSPS) is 11.5. The second-order valence-electron chi connectivity index (χ2n) is 6.60. The average molecular weight is 385 g/mol. The molecule has 5 nitrogen and oxygen atoms in total. The fraction of sp³-hybridized carbons (Fsp3) is 0.238. The van der Waals surface area contributed by atoms with Crippen molar-refractivity contribution in [2.75, 3.05) is 7.11 Å². The standard InChI is InChI=1S/C21H21ClN2O3/c1-12(2)17-9-15(13(3)7-19(17)26-4)11-23-24-21(25)20-10-14-8-16(22)5-6-18(14)27-20/h5-12H,1-4H3,(H,24,25)/b23-11+. The lowest BCUT2D eigenvalue weighted by Crippen LogP contribution is -2.16. The number of benzene rings is 2. The maximum Gasteiger partial charge on any atom is 0.307 e. The molecule has 2 aromatic carbocycles. The summed E-state index contributed by atoms with van der Waals surface area (Å²) in [6.07, 6.45) is 1.62. The largest absolute Gasteiger partial charge is 0.496 e. The van der Waals surface area contributed by atoms with Crippen LogP contribution in [0.2, 0.25) is 5.02 Å². The van der Waals surface area contributed by atoms with Crippen molar-refractivity contribution in [1.29, 1.82) is 0 Å². The molecule has 0 aliphatic rings. The van der Waals surface area contributed by atoms with Gasteiger partial charge in [0.25, 0.3) is 0 Å². The number of carbonyl (C=O) groups excluding carboxylic acids is 1. The lowest BCUT2D eigenvalue weighted by Gasteiger charge is -2.14. The summed E-state index contributed by atoms with van der Waals surface area (Å²) in [4.78, 5) is 12.3. The molecule has 27 heavy (non-hydrogen) atoms. The van der Waals surface area contributed by atoms with E-state index in [1.807, 2.05) is 19.1 Å². The Kier molecular flexibility index (Phi) is 5.51. The number of amides is 1. The highest BCUT2D eigenvalue weighted by Crippen LogP contribution is 2.29. The van der Waals surface area contributed by atoms with Crippen molar-refractivity contribution >= 4 is 34.7 Å². The first-order chi connectivity index (χ1) is 12.9. The zero-order valence-corrected chi connectivity index (χ0v) is 16.4. The molecule has 0 spiro atoms. The molecule has 1 amide bonds. The Morgan fingerprint density at radius 2 is 2.04 bits per heavy atom. The molecule has 0 unspecified atom stereocenters. The number of aryl methyl sites for hydroxylation is 1. The Morgan fingerprint density at radius 3 is 2.74 bits per heavy atom. The highest BCUT2D eigenvalue weighted by molar-refractivity contribution is 6.31. The summed E-state index contributed by atoms with van der Waals surface area (Å²) in [5, 5.41) is 5.43. The van der Waals surface area contributed by atoms with Crippen LogP contribution >= 0.6 is 11.6 Å². The lowest BCUT2D eigenvalue weighted by molar-refractivity contribution is 0.0929. The molecule has 1 aromatic heterocycles. The van der Waals surface area contributed by atoms with Crippen LogP contribution in [0.5, 0.6) is 5.75 Å². The van der Waals surface area contributed by atoms with Crippen molar-refractivity contribution in [3.05, 3.63) is 63.9 Å². The highest BCUT2D eigenvalue weighted by atomic mass is 35.5. The second-order valence-corrected chi connectivity index (χ2v) is 7.03. The van der Waals surface area contributed by atoms with E-state index in [4.69, 9.17) is 20.8 Å². The number of hydrogen-bond donors (Lipinski definition) is 1. The molecule has 1 N–H and O–H groups in total. The number of hydrogen-bond acceptors (Lipinski definition) is 4. The van der Waals surface area contributed by atoms with E-state index in [2.05, 4.69) is 24.4 Å². The number of hydrazone groups is 1. The number of ether oxygens (including phenoxy) is 1. The summed E-state index contributed by atoms with van der Waals surface area (Å²) in [6, 6.07) is 10.8. The zero-order valence-electron chi connectivity index (χ0n) is 15.7. The van der Waals surface area contributed by atoms with E-state index in [0.29, 0.717) is 16.5 Å². The molecule has 0 bridgehead atoms. The molecule has 0 fully saturated rings. The number of rotatable bonds is 5. The molecule has 1 heterocycles. The van der Waals surface area contributed by atoms with Crippen LogP contribution in [0.15, 0.2) is 45.9 Å². The summed E-state index contributed by atoms with van der Waals surface area (Å²) in [6.45, 7) is 6.17. The van der Waals surface area contributed by atoms with E-state index in [1.54, 1.807) is 37.6 Å². The fourth-order valence-corrected chi connectivity index (χ4v) is 3.01. The predicted octanol–water partition coefficient (Wildman–Crippen LogP) is 5.29.